The van der Waals surface area contributed by atoms with Crippen molar-refractivity contribution in [2.45, 2.75) is 6.92 Å². The highest BCUT2D eigenvalue weighted by Crippen LogP contribution is 1.92. The minimum absolute atomic E-state index is 0. The van der Waals surface area contributed by atoms with Gasteiger partial charge in [-0.3, -0.25) is 0 Å². The second-order valence-electron chi connectivity index (χ2n) is 1.65. The van der Waals surface area contributed by atoms with Gasteiger partial charge in [0, 0.05) is 0 Å². The standard InChI is InChI=1S/C7H8.H/c1-7-5-3-2-4-6-7;/h2-6H,1H3;/q;-1. The SMILES string of the molecule is Cc1ccccc1.[H-]. The lowest BCUT2D eigenvalue weighted by Gasteiger charge is -1.82. The van der Waals surface area contributed by atoms with Crippen LogP contribution in [0.3, 0.4) is 0 Å². The minimum Gasteiger partial charge on any atom is -1.00 e. The predicted molar refractivity (Wildman–Crippen MR) is 32.3 cm³/mol. The summed E-state index contributed by atoms with van der Waals surface area (Å²) in [6.07, 6.45) is 0. The summed E-state index contributed by atoms with van der Waals surface area (Å²) < 4.78 is 0. The minimum atomic E-state index is 0. The Balaban J connectivity index is 0.000000490. The molecule has 0 spiro atoms. The highest BCUT2D eigenvalue weighted by molar-refractivity contribution is 5.11. The van der Waals surface area contributed by atoms with Gasteiger partial charge in [0.2, 0.25) is 0 Å². The van der Waals surface area contributed by atoms with Crippen molar-refractivity contribution in [2.75, 3.05) is 0 Å². The number of aryl methyl sites for hydroxylation is 1. The largest absolute Gasteiger partial charge is 1.00 e. The van der Waals surface area contributed by atoms with Crippen LogP contribution in [0.5, 0.6) is 0 Å². The fraction of sp³-hybridized carbons (Fsp3) is 0.143. The van der Waals surface area contributed by atoms with E-state index in [0.717, 1.165) is 0 Å². The van der Waals surface area contributed by atoms with Crippen LogP contribution in [-0.2, 0) is 0 Å². The first-order valence-corrected chi connectivity index (χ1v) is 2.41. The number of hydrogen-bond donors (Lipinski definition) is 0. The molecule has 0 atom stereocenters. The van der Waals surface area contributed by atoms with Gasteiger partial charge in [-0.1, -0.05) is 35.9 Å². The van der Waals surface area contributed by atoms with Gasteiger partial charge in [0.25, 0.3) is 0 Å². The van der Waals surface area contributed by atoms with Gasteiger partial charge < -0.3 is 1.43 Å². The molecule has 1 aromatic carbocycles. The van der Waals surface area contributed by atoms with Gasteiger partial charge >= 0.3 is 0 Å². The van der Waals surface area contributed by atoms with Crippen LogP contribution in [-0.4, -0.2) is 0 Å². The van der Waals surface area contributed by atoms with Gasteiger partial charge in [0.15, 0.2) is 0 Å². The van der Waals surface area contributed by atoms with Crippen LogP contribution in [0.15, 0.2) is 30.3 Å². The van der Waals surface area contributed by atoms with Gasteiger partial charge in [-0.25, -0.2) is 0 Å². The lowest BCUT2D eigenvalue weighted by molar-refractivity contribution is 1.48. The maximum Gasteiger partial charge on any atom is -0.0398 e. The molecule has 0 fully saturated rings. The monoisotopic (exact) mass is 93.1 g/mol. The van der Waals surface area contributed by atoms with E-state index < -0.39 is 0 Å². The van der Waals surface area contributed by atoms with Crippen molar-refractivity contribution in [3.63, 3.8) is 0 Å². The molecule has 0 heteroatoms. The van der Waals surface area contributed by atoms with E-state index in [1.807, 2.05) is 18.2 Å². The summed E-state index contributed by atoms with van der Waals surface area (Å²) in [7, 11) is 0. The van der Waals surface area contributed by atoms with E-state index in [0.29, 0.717) is 0 Å². The molecule has 0 aliphatic heterocycles. The van der Waals surface area contributed by atoms with E-state index in [4.69, 9.17) is 0 Å². The third-order valence-corrected chi connectivity index (χ3v) is 0.940. The maximum atomic E-state index is 2.08. The van der Waals surface area contributed by atoms with E-state index in [1.165, 1.54) is 5.56 Å². The summed E-state index contributed by atoms with van der Waals surface area (Å²) in [6.45, 7) is 2.08. The average Bonchev–Trinajstić information content (AvgIpc) is 1.69. The molecular weight excluding hydrogens is 84.1 g/mol. The summed E-state index contributed by atoms with van der Waals surface area (Å²) in [5.41, 5.74) is 1.32. The van der Waals surface area contributed by atoms with E-state index >= 15 is 0 Å². The molecule has 0 N–H and O–H groups in total. The predicted octanol–water partition coefficient (Wildman–Crippen LogP) is 2.11. The van der Waals surface area contributed by atoms with Crippen LogP contribution in [0.4, 0.5) is 0 Å². The first kappa shape index (κ1) is 4.38. The number of hydrogen-bond acceptors (Lipinski definition) is 0. The number of rotatable bonds is 0. The van der Waals surface area contributed by atoms with Crippen LogP contribution in [0, 0.1) is 6.92 Å². The van der Waals surface area contributed by atoms with E-state index in [9.17, 15) is 0 Å². The Labute approximate surface area is 45.3 Å². The van der Waals surface area contributed by atoms with Gasteiger partial charge in [-0.15, -0.1) is 0 Å². The van der Waals surface area contributed by atoms with Crippen LogP contribution in [0.25, 0.3) is 0 Å². The van der Waals surface area contributed by atoms with Crippen LogP contribution < -0.4 is 0 Å². The van der Waals surface area contributed by atoms with Crippen molar-refractivity contribution in [3.05, 3.63) is 35.9 Å². The average molecular weight is 93.1 g/mol. The first-order chi connectivity index (χ1) is 3.39. The molecule has 0 nitrogen and oxygen atoms in total. The quantitative estimate of drug-likeness (QED) is 0.461. The van der Waals surface area contributed by atoms with Gasteiger partial charge in [-0.05, 0) is 6.92 Å². The summed E-state index contributed by atoms with van der Waals surface area (Å²) >= 11 is 0. The Kier molecular flexibility index (Phi) is 1.12. The molecule has 0 bridgehead atoms. The normalized spacial score (nSPS) is 8.71. The maximum absolute atomic E-state index is 2.08. The summed E-state index contributed by atoms with van der Waals surface area (Å²) in [5, 5.41) is 0. The summed E-state index contributed by atoms with van der Waals surface area (Å²) in [6, 6.07) is 10.3. The zero-order chi connectivity index (χ0) is 5.11. The van der Waals surface area contributed by atoms with E-state index in [-0.39, 0.29) is 1.43 Å². The van der Waals surface area contributed by atoms with Crippen molar-refractivity contribution in [2.24, 2.45) is 0 Å². The molecule has 0 aliphatic rings. The van der Waals surface area contributed by atoms with Crippen molar-refractivity contribution in [1.29, 1.82) is 0 Å². The summed E-state index contributed by atoms with van der Waals surface area (Å²) in [4.78, 5) is 0. The van der Waals surface area contributed by atoms with Gasteiger partial charge in [0.05, 0.1) is 0 Å². The zero-order valence-electron chi connectivity index (χ0n) is 5.39. The second-order valence-corrected chi connectivity index (χ2v) is 1.65. The van der Waals surface area contributed by atoms with Crippen molar-refractivity contribution < 1.29 is 1.43 Å². The highest BCUT2D eigenvalue weighted by Gasteiger charge is 1.72. The highest BCUT2D eigenvalue weighted by atomic mass is 13.8. The fourth-order valence-corrected chi connectivity index (χ4v) is 0.534. The molecule has 0 amide bonds. The van der Waals surface area contributed by atoms with Crippen molar-refractivity contribution in [1.82, 2.24) is 0 Å². The lowest BCUT2D eigenvalue weighted by Crippen LogP contribution is -1.62. The molecule has 7 heavy (non-hydrogen) atoms. The smallest absolute Gasteiger partial charge is 0.0398 e. The molecule has 0 unspecified atom stereocenters. The first-order valence-electron chi connectivity index (χ1n) is 2.41. The molecular formula is C7H9-. The topological polar surface area (TPSA) is 0 Å². The van der Waals surface area contributed by atoms with Gasteiger partial charge in [-0.2, -0.15) is 0 Å². The molecule has 1 rings (SSSR count). The molecule has 0 radical (unpaired) electrons. The zero-order valence-corrected chi connectivity index (χ0v) is 4.39. The molecule has 0 aromatic heterocycles. The molecule has 0 heterocycles. The Bertz CT molecular complexity index is 134. The van der Waals surface area contributed by atoms with Crippen molar-refractivity contribution >= 4 is 0 Å². The Morgan fingerprint density at radius 2 is 1.71 bits per heavy atom. The molecule has 0 aliphatic carbocycles. The lowest BCUT2D eigenvalue weighted by atomic mass is 10.2. The third kappa shape index (κ3) is 1.04. The fourth-order valence-electron chi connectivity index (χ4n) is 0.534. The van der Waals surface area contributed by atoms with Gasteiger partial charge in [0.1, 0.15) is 0 Å². The second kappa shape index (κ2) is 1.78. The van der Waals surface area contributed by atoms with Crippen molar-refractivity contribution in [3.8, 4) is 0 Å². The Hall–Kier alpha value is -0.780. The summed E-state index contributed by atoms with van der Waals surface area (Å²) in [5.74, 6) is 0. The van der Waals surface area contributed by atoms with Crippen LogP contribution in [0.2, 0.25) is 0 Å². The number of benzene rings is 1. The third-order valence-electron chi connectivity index (χ3n) is 0.940. The van der Waals surface area contributed by atoms with E-state index in [2.05, 4.69) is 19.1 Å². The van der Waals surface area contributed by atoms with Crippen LogP contribution in [0.1, 0.15) is 6.99 Å². The molecule has 0 saturated carbocycles. The molecule has 1 aromatic rings. The molecule has 38 valence electrons. The van der Waals surface area contributed by atoms with E-state index in [1.54, 1.807) is 0 Å². The van der Waals surface area contributed by atoms with Crippen LogP contribution >= 0.6 is 0 Å². The molecule has 0 saturated heterocycles. The Morgan fingerprint density at radius 1 is 1.14 bits per heavy atom. The Morgan fingerprint density at radius 3 is 2.00 bits per heavy atom.